The van der Waals surface area contributed by atoms with Crippen LogP contribution in [0.25, 0.3) is 0 Å². The van der Waals surface area contributed by atoms with Crippen LogP contribution in [0.5, 0.6) is 0 Å². The van der Waals surface area contributed by atoms with Crippen LogP contribution in [0.1, 0.15) is 18.4 Å². The Balaban J connectivity index is 1.49. The highest BCUT2D eigenvalue weighted by Gasteiger charge is 2.49. The number of nitrogens with zero attached hydrogens (tertiary/aromatic N) is 1. The summed E-state index contributed by atoms with van der Waals surface area (Å²) < 4.78 is 6.38. The maximum absolute atomic E-state index is 11.9. The van der Waals surface area contributed by atoms with E-state index in [9.17, 15) is 9.90 Å². The highest BCUT2D eigenvalue weighted by Crippen LogP contribution is 2.38. The van der Waals surface area contributed by atoms with Crippen molar-refractivity contribution in [2.75, 3.05) is 26.2 Å². The van der Waals surface area contributed by atoms with Gasteiger partial charge in [0.25, 0.3) is 0 Å². The van der Waals surface area contributed by atoms with Crippen molar-refractivity contribution in [2.45, 2.75) is 25.0 Å². The molecule has 3 aliphatic rings. The number of carbonyl (C=O) groups excluding carboxylic acids is 1. The van der Waals surface area contributed by atoms with E-state index >= 15 is 0 Å². The molecule has 1 aromatic carbocycles. The maximum atomic E-state index is 11.9. The molecule has 0 aliphatic carbocycles. The Labute approximate surface area is 132 Å². The van der Waals surface area contributed by atoms with Gasteiger partial charge in [-0.2, -0.15) is 0 Å². The van der Waals surface area contributed by atoms with Crippen molar-refractivity contribution in [3.05, 3.63) is 35.9 Å². The Morgan fingerprint density at radius 1 is 1.36 bits per heavy atom. The van der Waals surface area contributed by atoms with E-state index in [1.54, 1.807) is 0 Å². The summed E-state index contributed by atoms with van der Waals surface area (Å²) in [5.74, 6) is 0.333. The number of nitrogens with one attached hydrogen (secondary N) is 1. The van der Waals surface area contributed by atoms with E-state index in [1.165, 1.54) is 13.1 Å². The number of rotatable bonds is 4. The fourth-order valence-electron chi connectivity index (χ4n) is 3.34. The van der Waals surface area contributed by atoms with Crippen LogP contribution in [0, 0.1) is 5.92 Å². The average molecular weight is 304 g/mol. The van der Waals surface area contributed by atoms with E-state index in [1.807, 2.05) is 30.3 Å². The van der Waals surface area contributed by atoms with Gasteiger partial charge in [0.1, 0.15) is 12.2 Å². The van der Waals surface area contributed by atoms with Crippen LogP contribution in [0.15, 0.2) is 30.3 Å². The Hall–Kier alpha value is -1.53. The number of benzene rings is 1. The van der Waals surface area contributed by atoms with Gasteiger partial charge >= 0.3 is 6.09 Å². The molecule has 0 unspecified atom stereocenters. The summed E-state index contributed by atoms with van der Waals surface area (Å²) in [5.41, 5.74) is 0.234. The predicted molar refractivity (Wildman–Crippen MR) is 87.1 cm³/mol. The molecule has 0 aromatic heterocycles. The number of hydrogen-bond acceptors (Lipinski definition) is 3. The van der Waals surface area contributed by atoms with Gasteiger partial charge in [0.2, 0.25) is 0 Å². The lowest BCUT2D eigenvalue weighted by Crippen LogP contribution is -2.70. The largest absolute Gasteiger partial charge is 0.520 e. The van der Waals surface area contributed by atoms with E-state index in [-0.39, 0.29) is 14.6 Å². The molecule has 1 atom stereocenters. The fraction of sp³-hybridized carbons (Fsp3) is 0.562. The van der Waals surface area contributed by atoms with E-state index in [0.29, 0.717) is 12.5 Å². The third kappa shape index (κ3) is 3.28. The summed E-state index contributed by atoms with van der Waals surface area (Å²) in [6, 6.07) is 9.62. The van der Waals surface area contributed by atoms with E-state index in [2.05, 4.69) is 5.32 Å². The first-order valence-electron chi connectivity index (χ1n) is 7.55. The third-order valence-corrected chi connectivity index (χ3v) is 4.60. The van der Waals surface area contributed by atoms with Gasteiger partial charge in [-0.15, -0.1) is 0 Å². The van der Waals surface area contributed by atoms with Gasteiger partial charge in [-0.05, 0) is 18.4 Å². The molecule has 0 radical (unpaired) electrons. The van der Waals surface area contributed by atoms with Gasteiger partial charge < -0.3 is 19.6 Å². The Morgan fingerprint density at radius 2 is 2.05 bits per heavy atom. The Kier molecular flexibility index (Phi) is 4.15. The van der Waals surface area contributed by atoms with Gasteiger partial charge in [0.05, 0.1) is 13.1 Å². The molecule has 5 nitrogen and oxygen atoms in total. The highest BCUT2D eigenvalue weighted by molar-refractivity contribution is 5.97. The molecule has 3 aliphatic heterocycles. The molecule has 6 heteroatoms. The second kappa shape index (κ2) is 5.93. The molecule has 3 saturated heterocycles. The number of ether oxygens (including phenoxy) is 1. The number of amides is 1. The first kappa shape index (κ1) is 15.4. The standard InChI is InChI=1S/C16H25BN2O3/c17-19-8-6-14(7-9-19)16(21,12-19)11-18-15(20)22-10-13-4-2-1-3-5-13/h1-5,14,21H,6-12H2,17H3,(H,18,20)/t14?,16-,19?/m0/s1. The molecule has 1 aromatic rings. The van der Waals surface area contributed by atoms with Crippen LogP contribution < -0.4 is 5.32 Å². The van der Waals surface area contributed by atoms with E-state index < -0.39 is 11.7 Å². The Bertz CT molecular complexity index is 531. The van der Waals surface area contributed by atoms with Crippen molar-refractivity contribution >= 4 is 14.1 Å². The number of aliphatic hydroxyl groups is 1. The quantitative estimate of drug-likeness (QED) is 0.780. The van der Waals surface area contributed by atoms with Crippen LogP contribution in [0.3, 0.4) is 0 Å². The number of alkyl carbamates (subject to hydrolysis) is 1. The van der Waals surface area contributed by atoms with Crippen molar-refractivity contribution in [1.29, 1.82) is 0 Å². The normalized spacial score (nSPS) is 33.5. The van der Waals surface area contributed by atoms with Crippen molar-refractivity contribution in [2.24, 2.45) is 5.92 Å². The maximum Gasteiger partial charge on any atom is 0.407 e. The molecule has 3 fully saturated rings. The molecule has 1 amide bonds. The van der Waals surface area contributed by atoms with Crippen LogP contribution in [-0.4, -0.2) is 55.4 Å². The molecular weight excluding hydrogens is 279 g/mol. The number of fused-ring (bicyclic) bond motifs is 3. The topological polar surface area (TPSA) is 58.6 Å². The van der Waals surface area contributed by atoms with Crippen LogP contribution in [0.2, 0.25) is 0 Å². The molecule has 4 rings (SSSR count). The average Bonchev–Trinajstić information content (AvgIpc) is 2.52. The fourth-order valence-corrected chi connectivity index (χ4v) is 3.34. The molecule has 2 N–H and O–H groups in total. The summed E-state index contributed by atoms with van der Waals surface area (Å²) in [7, 11) is 0.160. The van der Waals surface area contributed by atoms with E-state index in [4.69, 9.17) is 4.74 Å². The Morgan fingerprint density at radius 3 is 2.68 bits per heavy atom. The van der Waals surface area contributed by atoms with Crippen molar-refractivity contribution in [1.82, 2.24) is 5.32 Å². The zero-order valence-electron chi connectivity index (χ0n) is 12.1. The second-order valence-corrected chi connectivity index (χ2v) is 6.07. The first-order chi connectivity index (χ1) is 10.5. The molecular formula is C16H25BN2O3. The summed E-state index contributed by atoms with van der Waals surface area (Å²) in [5, 5.41) is 13.7. The lowest BCUT2D eigenvalue weighted by Gasteiger charge is -2.60. The monoisotopic (exact) mass is 304 g/mol. The third-order valence-electron chi connectivity index (χ3n) is 4.60. The molecule has 0 saturated carbocycles. The summed E-state index contributed by atoms with van der Waals surface area (Å²) >= 11 is 0. The summed E-state index contributed by atoms with van der Waals surface area (Å²) in [6.07, 6.45) is 1.75. The number of carbonyl (C=O) groups is 1. The minimum absolute atomic E-state index is 0.160. The van der Waals surface area contributed by atoms with Crippen LogP contribution >= 0.6 is 0 Å². The van der Waals surface area contributed by atoms with E-state index in [0.717, 1.165) is 29.3 Å². The highest BCUT2D eigenvalue weighted by atomic mass is 16.5. The number of hydrogen-bond donors (Lipinski definition) is 2. The second-order valence-electron chi connectivity index (χ2n) is 6.07. The molecule has 3 heterocycles. The molecule has 2 bridgehead atoms. The van der Waals surface area contributed by atoms with Crippen LogP contribution in [0.4, 0.5) is 4.79 Å². The first-order valence-corrected chi connectivity index (χ1v) is 7.55. The lowest BCUT2D eigenvalue weighted by molar-refractivity contribution is -0.846. The smallest absolute Gasteiger partial charge is 0.407 e. The zero-order valence-corrected chi connectivity index (χ0v) is 12.1. The van der Waals surface area contributed by atoms with Crippen molar-refractivity contribution < 1.29 is 19.0 Å². The summed E-state index contributed by atoms with van der Waals surface area (Å²) in [6.45, 7) is 3.89. The molecule has 0 spiro atoms. The van der Waals surface area contributed by atoms with Gasteiger partial charge in [-0.3, -0.25) is 0 Å². The van der Waals surface area contributed by atoms with Gasteiger partial charge in [0.15, 0.2) is 7.98 Å². The minimum Gasteiger partial charge on any atom is -0.520 e. The van der Waals surface area contributed by atoms with Gasteiger partial charge in [-0.25, -0.2) is 4.79 Å². The lowest BCUT2D eigenvalue weighted by atomic mass is 9.72. The molecule has 120 valence electrons. The van der Waals surface area contributed by atoms with Gasteiger partial charge in [0, 0.05) is 19.0 Å². The number of piperidine rings is 3. The minimum atomic E-state index is -0.732. The zero-order chi connectivity index (χ0) is 15.6. The van der Waals surface area contributed by atoms with Crippen LogP contribution in [-0.2, 0) is 11.3 Å². The number of quaternary nitrogens is 1. The van der Waals surface area contributed by atoms with Crippen molar-refractivity contribution in [3.8, 4) is 0 Å². The molecule has 22 heavy (non-hydrogen) atoms. The SMILES string of the molecule is [BH3-][N+]12CCC(CC1)[C@](O)(CNC(=O)OCc1ccccc1)C2. The van der Waals surface area contributed by atoms with Crippen molar-refractivity contribution in [3.63, 3.8) is 0 Å². The predicted octanol–water partition coefficient (Wildman–Crippen LogP) is 0.165. The summed E-state index contributed by atoms with van der Waals surface area (Å²) in [4.78, 5) is 11.9. The van der Waals surface area contributed by atoms with Gasteiger partial charge in [-0.1, -0.05) is 30.3 Å².